The molecule has 0 radical (unpaired) electrons. The van der Waals surface area contributed by atoms with Crippen LogP contribution in [-0.2, 0) is 4.79 Å². The molecule has 35 heavy (non-hydrogen) atoms. The van der Waals surface area contributed by atoms with Crippen molar-refractivity contribution in [2.24, 2.45) is 0 Å². The van der Waals surface area contributed by atoms with E-state index >= 15 is 0 Å². The molecule has 1 aliphatic heterocycles. The Kier molecular flexibility index (Phi) is 6.29. The summed E-state index contributed by atoms with van der Waals surface area (Å²) in [5.41, 5.74) is 14.6. The Morgan fingerprint density at radius 1 is 0.829 bits per heavy atom. The lowest BCUT2D eigenvalue weighted by atomic mass is 9.91. The van der Waals surface area contributed by atoms with Crippen LogP contribution in [-0.4, -0.2) is 29.1 Å². The number of carbonyl (C=O) groups excluding carboxylic acids is 1. The van der Waals surface area contributed by atoms with E-state index in [1.807, 2.05) is 78.9 Å². The van der Waals surface area contributed by atoms with Crippen LogP contribution in [0.4, 0.5) is 23.0 Å². The Morgan fingerprint density at radius 3 is 2.14 bits per heavy atom. The van der Waals surface area contributed by atoms with Crippen LogP contribution in [0.2, 0.25) is 0 Å². The fraction of sp³-hybridized carbons (Fsp3) is 0.115. The van der Waals surface area contributed by atoms with Crippen molar-refractivity contribution >= 4 is 28.9 Å². The van der Waals surface area contributed by atoms with Crippen molar-refractivity contribution in [3.05, 3.63) is 96.3 Å². The number of nitrogens with zero attached hydrogens (tertiary/aromatic N) is 2. The third kappa shape index (κ3) is 4.93. The molecule has 1 aromatic heterocycles. The number of hydrazine groups is 1. The van der Waals surface area contributed by atoms with Gasteiger partial charge in [0.15, 0.2) is 23.1 Å². The van der Waals surface area contributed by atoms with Gasteiger partial charge in [0, 0.05) is 11.8 Å². The number of hydrogen-bond donors (Lipinski definition) is 4. The summed E-state index contributed by atoms with van der Waals surface area (Å²) in [7, 11) is 0. The van der Waals surface area contributed by atoms with Crippen LogP contribution < -0.4 is 31.4 Å². The third-order valence-corrected chi connectivity index (χ3v) is 5.52. The normalized spacial score (nSPS) is 12.1. The van der Waals surface area contributed by atoms with E-state index in [2.05, 4.69) is 26.1 Å². The number of nitrogens with two attached hydrogens (primary N) is 1. The maximum absolute atomic E-state index is 13.2. The number of nitrogen functional groups attached to an aromatic ring is 1. The van der Waals surface area contributed by atoms with Crippen molar-refractivity contribution in [1.82, 2.24) is 15.4 Å². The van der Waals surface area contributed by atoms with Crippen LogP contribution in [0.3, 0.4) is 0 Å². The molecule has 9 heteroatoms. The van der Waals surface area contributed by atoms with E-state index in [9.17, 15) is 4.79 Å². The Labute approximate surface area is 202 Å². The fourth-order valence-corrected chi connectivity index (χ4v) is 3.83. The van der Waals surface area contributed by atoms with E-state index in [0.717, 1.165) is 16.8 Å². The zero-order chi connectivity index (χ0) is 24.0. The van der Waals surface area contributed by atoms with E-state index in [4.69, 9.17) is 15.2 Å². The first-order valence-electron chi connectivity index (χ1n) is 11.1. The second-order valence-electron chi connectivity index (χ2n) is 7.84. The number of nitrogens with one attached hydrogen (secondary N) is 3. The van der Waals surface area contributed by atoms with Crippen molar-refractivity contribution < 1.29 is 14.3 Å². The number of rotatable bonds is 7. The molecule has 5 rings (SSSR count). The minimum atomic E-state index is -0.511. The van der Waals surface area contributed by atoms with Gasteiger partial charge in [-0.2, -0.15) is 0 Å². The quantitative estimate of drug-likeness (QED) is 0.302. The molecule has 5 N–H and O–H groups in total. The van der Waals surface area contributed by atoms with Gasteiger partial charge >= 0.3 is 0 Å². The third-order valence-electron chi connectivity index (χ3n) is 5.52. The van der Waals surface area contributed by atoms with E-state index in [0.29, 0.717) is 30.5 Å². The van der Waals surface area contributed by atoms with E-state index < -0.39 is 5.92 Å². The molecule has 4 aromatic rings. The van der Waals surface area contributed by atoms with E-state index in [1.54, 1.807) is 0 Å². The molecule has 1 amide bonds. The summed E-state index contributed by atoms with van der Waals surface area (Å²) in [6.45, 7) is 1.02. The van der Waals surface area contributed by atoms with Crippen LogP contribution in [0.25, 0.3) is 0 Å². The van der Waals surface area contributed by atoms with Gasteiger partial charge in [-0.05, 0) is 23.3 Å². The molecule has 0 saturated carbocycles. The highest BCUT2D eigenvalue weighted by Crippen LogP contribution is 2.34. The maximum Gasteiger partial charge on any atom is 0.250 e. The highest BCUT2D eigenvalue weighted by atomic mass is 16.6. The average molecular weight is 469 g/mol. The maximum atomic E-state index is 13.2. The number of carbonyl (C=O) groups is 1. The molecule has 0 unspecified atom stereocenters. The number of anilines is 4. The summed E-state index contributed by atoms with van der Waals surface area (Å²) < 4.78 is 11.2. The van der Waals surface area contributed by atoms with Crippen molar-refractivity contribution in [1.29, 1.82) is 0 Å². The van der Waals surface area contributed by atoms with Gasteiger partial charge in [-0.3, -0.25) is 15.6 Å². The van der Waals surface area contributed by atoms with Gasteiger partial charge in [0.25, 0.3) is 0 Å². The first kappa shape index (κ1) is 22.0. The number of benzene rings is 3. The predicted octanol–water partition coefficient (Wildman–Crippen LogP) is 3.85. The standard InChI is InChI=1S/C26H24N6O3/c27-23-24(30-19-11-12-20-21(15-19)35-14-13-34-20)28-16-29-25(23)31-32-26(33)22(17-7-3-1-4-8-17)18-9-5-2-6-10-18/h1-12,15-16,22H,13-14,27H2,(H,32,33)(H2,28,29,30,31). The summed E-state index contributed by atoms with van der Waals surface area (Å²) in [6, 6.07) is 24.6. The summed E-state index contributed by atoms with van der Waals surface area (Å²) in [6.07, 6.45) is 1.36. The lowest BCUT2D eigenvalue weighted by Crippen LogP contribution is -2.35. The number of hydrogen-bond acceptors (Lipinski definition) is 8. The van der Waals surface area contributed by atoms with Gasteiger partial charge in [0.1, 0.15) is 25.2 Å². The zero-order valence-electron chi connectivity index (χ0n) is 18.8. The molecule has 176 valence electrons. The van der Waals surface area contributed by atoms with Gasteiger partial charge < -0.3 is 20.5 Å². The van der Waals surface area contributed by atoms with Crippen molar-refractivity contribution in [3.8, 4) is 11.5 Å². The smallest absolute Gasteiger partial charge is 0.250 e. The SMILES string of the molecule is Nc1c(NNC(=O)C(c2ccccc2)c2ccccc2)ncnc1Nc1ccc2c(c1)OCCO2. The Hall–Kier alpha value is -4.79. The molecule has 2 heterocycles. The van der Waals surface area contributed by atoms with Gasteiger partial charge in [-0.25, -0.2) is 9.97 Å². The highest BCUT2D eigenvalue weighted by Gasteiger charge is 2.23. The molecule has 0 aliphatic carbocycles. The summed E-state index contributed by atoms with van der Waals surface area (Å²) in [4.78, 5) is 21.7. The second-order valence-corrected chi connectivity index (χ2v) is 7.84. The summed E-state index contributed by atoms with van der Waals surface area (Å²) in [5, 5.41) is 3.16. The van der Waals surface area contributed by atoms with Gasteiger partial charge in [0.05, 0.1) is 5.92 Å². The molecular weight excluding hydrogens is 444 g/mol. The highest BCUT2D eigenvalue weighted by molar-refractivity contribution is 5.89. The second kappa shape index (κ2) is 10.0. The average Bonchev–Trinajstić information content (AvgIpc) is 2.90. The molecular formula is C26H24N6O3. The predicted molar refractivity (Wildman–Crippen MR) is 134 cm³/mol. The summed E-state index contributed by atoms with van der Waals surface area (Å²) in [5.74, 6) is 1.23. The number of fused-ring (bicyclic) bond motifs is 1. The minimum Gasteiger partial charge on any atom is -0.486 e. The van der Waals surface area contributed by atoms with Crippen LogP contribution in [0.5, 0.6) is 11.5 Å². The number of aromatic nitrogens is 2. The lowest BCUT2D eigenvalue weighted by molar-refractivity contribution is -0.121. The molecule has 3 aromatic carbocycles. The first-order valence-corrected chi connectivity index (χ1v) is 11.1. The van der Waals surface area contributed by atoms with Crippen molar-refractivity contribution in [3.63, 3.8) is 0 Å². The fourth-order valence-electron chi connectivity index (χ4n) is 3.83. The molecule has 9 nitrogen and oxygen atoms in total. The van der Waals surface area contributed by atoms with Crippen LogP contribution in [0.1, 0.15) is 17.0 Å². The molecule has 0 bridgehead atoms. The topological polar surface area (TPSA) is 123 Å². The largest absolute Gasteiger partial charge is 0.486 e. The molecule has 1 aliphatic rings. The van der Waals surface area contributed by atoms with Gasteiger partial charge in [-0.1, -0.05) is 60.7 Å². The van der Waals surface area contributed by atoms with Crippen molar-refractivity contribution in [2.45, 2.75) is 5.92 Å². The Bertz CT molecular complexity index is 1280. The first-order chi connectivity index (χ1) is 17.2. The van der Waals surface area contributed by atoms with Crippen molar-refractivity contribution in [2.75, 3.05) is 29.7 Å². The summed E-state index contributed by atoms with van der Waals surface area (Å²) >= 11 is 0. The Balaban J connectivity index is 1.32. The van der Waals surface area contributed by atoms with E-state index in [1.165, 1.54) is 6.33 Å². The molecule has 0 saturated heterocycles. The molecule has 0 atom stereocenters. The van der Waals surface area contributed by atoms with Crippen LogP contribution in [0.15, 0.2) is 85.2 Å². The monoisotopic (exact) mass is 468 g/mol. The van der Waals surface area contributed by atoms with Gasteiger partial charge in [0.2, 0.25) is 5.91 Å². The van der Waals surface area contributed by atoms with Crippen LogP contribution >= 0.6 is 0 Å². The minimum absolute atomic E-state index is 0.248. The van der Waals surface area contributed by atoms with Crippen LogP contribution in [0, 0.1) is 0 Å². The van der Waals surface area contributed by atoms with E-state index in [-0.39, 0.29) is 17.4 Å². The molecule has 0 spiro atoms. The number of amides is 1. The lowest BCUT2D eigenvalue weighted by Gasteiger charge is -2.20. The Morgan fingerprint density at radius 2 is 1.46 bits per heavy atom. The molecule has 0 fully saturated rings. The van der Waals surface area contributed by atoms with Gasteiger partial charge in [-0.15, -0.1) is 0 Å². The number of ether oxygens (including phenoxy) is 2. The zero-order valence-corrected chi connectivity index (χ0v) is 18.8.